The standard InChI is InChI=1S/C18H29NO/c1-4-5-11-19-17(13(2)3)18(20)16-10-9-14-7-6-8-15(14)12-16/h9-10,12-13,17-20H,4-8,11H2,1-3H3. The van der Waals surface area contributed by atoms with Crippen LogP contribution in [0.2, 0.25) is 0 Å². The SMILES string of the molecule is CCCCNC(C(C)C)C(O)c1ccc2c(c1)CCC2. The van der Waals surface area contributed by atoms with Crippen LogP contribution in [0.25, 0.3) is 0 Å². The van der Waals surface area contributed by atoms with E-state index in [9.17, 15) is 5.11 Å². The number of hydrogen-bond donors (Lipinski definition) is 2. The first-order valence-electron chi connectivity index (χ1n) is 8.16. The highest BCUT2D eigenvalue weighted by Crippen LogP contribution is 2.28. The third-order valence-corrected chi connectivity index (χ3v) is 4.43. The Balaban J connectivity index is 2.08. The minimum Gasteiger partial charge on any atom is -0.387 e. The Morgan fingerprint density at radius 1 is 1.20 bits per heavy atom. The molecule has 0 aromatic heterocycles. The monoisotopic (exact) mass is 275 g/mol. The lowest BCUT2D eigenvalue weighted by atomic mass is 9.91. The van der Waals surface area contributed by atoms with Crippen molar-refractivity contribution in [1.29, 1.82) is 0 Å². The van der Waals surface area contributed by atoms with Crippen LogP contribution in [0.1, 0.15) is 62.8 Å². The fourth-order valence-corrected chi connectivity index (χ4v) is 3.14. The first-order chi connectivity index (χ1) is 9.63. The van der Waals surface area contributed by atoms with Crippen LogP contribution >= 0.6 is 0 Å². The highest BCUT2D eigenvalue weighted by Gasteiger charge is 2.24. The molecule has 0 saturated carbocycles. The molecule has 20 heavy (non-hydrogen) atoms. The van der Waals surface area contributed by atoms with Crippen LogP contribution in [0.4, 0.5) is 0 Å². The van der Waals surface area contributed by atoms with Crippen molar-refractivity contribution in [2.75, 3.05) is 6.54 Å². The van der Waals surface area contributed by atoms with Gasteiger partial charge in [0.2, 0.25) is 0 Å². The lowest BCUT2D eigenvalue weighted by Crippen LogP contribution is -2.39. The molecule has 0 heterocycles. The quantitative estimate of drug-likeness (QED) is 0.745. The van der Waals surface area contributed by atoms with E-state index in [0.29, 0.717) is 5.92 Å². The van der Waals surface area contributed by atoms with Crippen molar-refractivity contribution in [1.82, 2.24) is 5.32 Å². The molecule has 1 aromatic rings. The minimum absolute atomic E-state index is 0.140. The van der Waals surface area contributed by atoms with Crippen LogP contribution in [0.3, 0.4) is 0 Å². The van der Waals surface area contributed by atoms with Gasteiger partial charge < -0.3 is 10.4 Å². The van der Waals surface area contributed by atoms with Gasteiger partial charge in [0.1, 0.15) is 0 Å². The first kappa shape index (κ1) is 15.5. The highest BCUT2D eigenvalue weighted by atomic mass is 16.3. The van der Waals surface area contributed by atoms with Crippen molar-refractivity contribution in [3.05, 3.63) is 34.9 Å². The maximum atomic E-state index is 10.7. The second-order valence-electron chi connectivity index (χ2n) is 6.40. The summed E-state index contributed by atoms with van der Waals surface area (Å²) in [5, 5.41) is 14.3. The number of aryl methyl sites for hydroxylation is 2. The fraction of sp³-hybridized carbons (Fsp3) is 0.667. The molecule has 1 aliphatic rings. The van der Waals surface area contributed by atoms with E-state index in [1.807, 2.05) is 0 Å². The van der Waals surface area contributed by atoms with Gasteiger partial charge in [0, 0.05) is 6.04 Å². The fourth-order valence-electron chi connectivity index (χ4n) is 3.14. The summed E-state index contributed by atoms with van der Waals surface area (Å²) in [6.45, 7) is 7.55. The van der Waals surface area contributed by atoms with Crippen LogP contribution in [0, 0.1) is 5.92 Å². The molecular weight excluding hydrogens is 246 g/mol. The molecule has 2 heteroatoms. The average Bonchev–Trinajstić information content (AvgIpc) is 2.89. The molecule has 0 fully saturated rings. The van der Waals surface area contributed by atoms with Crippen molar-refractivity contribution < 1.29 is 5.11 Å². The predicted octanol–water partition coefficient (Wildman–Crippen LogP) is 3.62. The molecule has 2 atom stereocenters. The molecule has 0 saturated heterocycles. The smallest absolute Gasteiger partial charge is 0.0945 e. The van der Waals surface area contributed by atoms with E-state index in [0.717, 1.165) is 12.1 Å². The molecule has 1 aromatic carbocycles. The number of benzene rings is 1. The van der Waals surface area contributed by atoms with Crippen molar-refractivity contribution >= 4 is 0 Å². The zero-order chi connectivity index (χ0) is 14.5. The Morgan fingerprint density at radius 3 is 2.65 bits per heavy atom. The predicted molar refractivity (Wildman–Crippen MR) is 85.0 cm³/mol. The molecule has 0 amide bonds. The van der Waals surface area contributed by atoms with Gasteiger partial charge in [-0.1, -0.05) is 45.4 Å². The van der Waals surface area contributed by atoms with Crippen molar-refractivity contribution in [3.63, 3.8) is 0 Å². The molecule has 112 valence electrons. The number of aliphatic hydroxyl groups excluding tert-OH is 1. The van der Waals surface area contributed by atoms with Crippen LogP contribution in [-0.2, 0) is 12.8 Å². The van der Waals surface area contributed by atoms with Gasteiger partial charge in [0.15, 0.2) is 0 Å². The van der Waals surface area contributed by atoms with Crippen molar-refractivity contribution in [3.8, 4) is 0 Å². The van der Waals surface area contributed by atoms with Crippen LogP contribution in [-0.4, -0.2) is 17.7 Å². The Bertz CT molecular complexity index is 427. The molecule has 2 N–H and O–H groups in total. The Labute approximate surface area is 123 Å². The molecule has 0 radical (unpaired) electrons. The van der Waals surface area contributed by atoms with E-state index in [1.165, 1.54) is 43.2 Å². The number of unbranched alkanes of at least 4 members (excludes halogenated alkanes) is 1. The minimum atomic E-state index is -0.405. The zero-order valence-electron chi connectivity index (χ0n) is 13.2. The lowest BCUT2D eigenvalue weighted by molar-refractivity contribution is 0.105. The summed E-state index contributed by atoms with van der Waals surface area (Å²) in [5.41, 5.74) is 3.99. The van der Waals surface area contributed by atoms with Crippen molar-refractivity contribution in [2.45, 2.75) is 65.0 Å². The Morgan fingerprint density at radius 2 is 1.95 bits per heavy atom. The Hall–Kier alpha value is -0.860. The average molecular weight is 275 g/mol. The summed E-state index contributed by atoms with van der Waals surface area (Å²) in [7, 11) is 0. The van der Waals surface area contributed by atoms with Crippen LogP contribution < -0.4 is 5.32 Å². The summed E-state index contributed by atoms with van der Waals surface area (Å²) < 4.78 is 0. The number of rotatable bonds is 7. The van der Waals surface area contributed by atoms with E-state index in [-0.39, 0.29) is 6.04 Å². The molecule has 2 rings (SSSR count). The first-order valence-corrected chi connectivity index (χ1v) is 8.16. The molecular formula is C18H29NO. The van der Waals surface area contributed by atoms with E-state index in [4.69, 9.17) is 0 Å². The number of fused-ring (bicyclic) bond motifs is 1. The molecule has 0 spiro atoms. The van der Waals surface area contributed by atoms with Gasteiger partial charge in [-0.2, -0.15) is 0 Å². The van der Waals surface area contributed by atoms with Gasteiger partial charge >= 0.3 is 0 Å². The van der Waals surface area contributed by atoms with Gasteiger partial charge in [0.05, 0.1) is 6.10 Å². The largest absolute Gasteiger partial charge is 0.387 e. The topological polar surface area (TPSA) is 32.3 Å². The highest BCUT2D eigenvalue weighted by molar-refractivity contribution is 5.36. The van der Waals surface area contributed by atoms with Gasteiger partial charge in [0.25, 0.3) is 0 Å². The molecule has 2 unspecified atom stereocenters. The molecule has 0 bridgehead atoms. The van der Waals surface area contributed by atoms with Gasteiger partial charge in [-0.25, -0.2) is 0 Å². The van der Waals surface area contributed by atoms with E-state index >= 15 is 0 Å². The maximum Gasteiger partial charge on any atom is 0.0945 e. The van der Waals surface area contributed by atoms with E-state index in [1.54, 1.807) is 0 Å². The molecule has 1 aliphatic carbocycles. The summed E-state index contributed by atoms with van der Waals surface area (Å²) in [6.07, 6.45) is 5.58. The van der Waals surface area contributed by atoms with Crippen LogP contribution in [0.15, 0.2) is 18.2 Å². The summed E-state index contributed by atoms with van der Waals surface area (Å²) >= 11 is 0. The van der Waals surface area contributed by atoms with E-state index < -0.39 is 6.10 Å². The number of nitrogens with one attached hydrogen (secondary N) is 1. The van der Waals surface area contributed by atoms with Gasteiger partial charge in [-0.3, -0.25) is 0 Å². The van der Waals surface area contributed by atoms with Gasteiger partial charge in [-0.15, -0.1) is 0 Å². The van der Waals surface area contributed by atoms with Gasteiger partial charge in [-0.05, 0) is 54.8 Å². The summed E-state index contributed by atoms with van der Waals surface area (Å²) in [4.78, 5) is 0. The maximum absolute atomic E-state index is 10.7. The second kappa shape index (κ2) is 7.24. The summed E-state index contributed by atoms with van der Waals surface area (Å²) in [5.74, 6) is 0.426. The van der Waals surface area contributed by atoms with E-state index in [2.05, 4.69) is 44.3 Å². The Kier molecular flexibility index (Phi) is 5.62. The van der Waals surface area contributed by atoms with Crippen LogP contribution in [0.5, 0.6) is 0 Å². The third-order valence-electron chi connectivity index (χ3n) is 4.43. The lowest BCUT2D eigenvalue weighted by Gasteiger charge is -2.28. The third kappa shape index (κ3) is 3.62. The zero-order valence-corrected chi connectivity index (χ0v) is 13.2. The normalized spacial score (nSPS) is 17.2. The summed E-state index contributed by atoms with van der Waals surface area (Å²) in [6, 6.07) is 6.70. The molecule has 0 aliphatic heterocycles. The second-order valence-corrected chi connectivity index (χ2v) is 6.40. The number of hydrogen-bond acceptors (Lipinski definition) is 2. The number of aliphatic hydroxyl groups is 1. The van der Waals surface area contributed by atoms with Crippen molar-refractivity contribution in [2.24, 2.45) is 5.92 Å². The molecule has 2 nitrogen and oxygen atoms in total.